The van der Waals surface area contributed by atoms with Crippen molar-refractivity contribution in [2.75, 3.05) is 6.54 Å². The number of aryl methyl sites for hydroxylation is 1. The lowest BCUT2D eigenvalue weighted by Gasteiger charge is -2.10. The Labute approximate surface area is 176 Å². The van der Waals surface area contributed by atoms with Crippen LogP contribution in [0.4, 0.5) is 0 Å². The predicted molar refractivity (Wildman–Crippen MR) is 119 cm³/mol. The lowest BCUT2D eigenvalue weighted by Crippen LogP contribution is -2.36. The third-order valence-electron chi connectivity index (χ3n) is 3.51. The molecule has 4 N–H and O–H groups in total. The van der Waals surface area contributed by atoms with Crippen molar-refractivity contribution < 1.29 is 8.42 Å². The summed E-state index contributed by atoms with van der Waals surface area (Å²) in [6, 6.07) is 10.7. The van der Waals surface area contributed by atoms with Crippen LogP contribution in [0.25, 0.3) is 0 Å². The molecule has 9 heteroatoms. The first-order chi connectivity index (χ1) is 11.9. The van der Waals surface area contributed by atoms with E-state index in [0.717, 1.165) is 31.0 Å². The standard InChI is InChI=1S/C17H24N4O2S2.HI/c1-3-14-7-8-15(24-14)12-21-17(19-4-2)20-11-13-5-9-16(10-6-13)25(18,22)23;/h5-10H,3-4,11-12H2,1-2H3,(H2,18,22,23)(H2,19,20,21);1H. The molecule has 144 valence electrons. The van der Waals surface area contributed by atoms with Gasteiger partial charge in [-0.1, -0.05) is 19.1 Å². The Hall–Kier alpha value is -1.17. The van der Waals surface area contributed by atoms with E-state index >= 15 is 0 Å². The van der Waals surface area contributed by atoms with Gasteiger partial charge in [-0.3, -0.25) is 0 Å². The van der Waals surface area contributed by atoms with E-state index in [-0.39, 0.29) is 28.9 Å². The van der Waals surface area contributed by atoms with Crippen molar-refractivity contribution in [3.8, 4) is 0 Å². The van der Waals surface area contributed by atoms with E-state index in [4.69, 9.17) is 5.14 Å². The van der Waals surface area contributed by atoms with Crippen LogP contribution in [0.15, 0.2) is 46.3 Å². The smallest absolute Gasteiger partial charge is 0.238 e. The summed E-state index contributed by atoms with van der Waals surface area (Å²) in [6.45, 7) is 6.10. The highest BCUT2D eigenvalue weighted by Crippen LogP contribution is 2.16. The fourth-order valence-electron chi connectivity index (χ4n) is 2.17. The van der Waals surface area contributed by atoms with Gasteiger partial charge in [0.2, 0.25) is 10.0 Å². The third kappa shape index (κ3) is 7.22. The lowest BCUT2D eigenvalue weighted by atomic mass is 10.2. The first-order valence-electron chi connectivity index (χ1n) is 8.14. The maximum absolute atomic E-state index is 11.3. The minimum Gasteiger partial charge on any atom is -0.357 e. The number of nitrogens with zero attached hydrogens (tertiary/aromatic N) is 1. The van der Waals surface area contributed by atoms with Crippen LogP contribution in [0, 0.1) is 0 Å². The number of halogens is 1. The summed E-state index contributed by atoms with van der Waals surface area (Å²) in [6.07, 6.45) is 1.05. The number of rotatable bonds is 7. The monoisotopic (exact) mass is 508 g/mol. The first kappa shape index (κ1) is 22.9. The molecular formula is C17H25IN4O2S2. The Morgan fingerprint density at radius 2 is 1.73 bits per heavy atom. The van der Waals surface area contributed by atoms with Gasteiger partial charge in [0.25, 0.3) is 0 Å². The maximum atomic E-state index is 11.3. The summed E-state index contributed by atoms with van der Waals surface area (Å²) in [4.78, 5) is 7.28. The molecule has 0 amide bonds. The molecule has 0 radical (unpaired) electrons. The molecule has 0 saturated heterocycles. The summed E-state index contributed by atoms with van der Waals surface area (Å²) in [5, 5.41) is 11.6. The van der Waals surface area contributed by atoms with Crippen molar-refractivity contribution in [3.63, 3.8) is 0 Å². The molecule has 0 saturated carbocycles. The highest BCUT2D eigenvalue weighted by atomic mass is 127. The van der Waals surface area contributed by atoms with E-state index in [1.165, 1.54) is 21.9 Å². The van der Waals surface area contributed by atoms with E-state index in [1.54, 1.807) is 23.5 Å². The molecule has 26 heavy (non-hydrogen) atoms. The largest absolute Gasteiger partial charge is 0.357 e. The van der Waals surface area contributed by atoms with Crippen molar-refractivity contribution in [3.05, 3.63) is 51.7 Å². The second kappa shape index (κ2) is 10.9. The van der Waals surface area contributed by atoms with Crippen LogP contribution in [0.2, 0.25) is 0 Å². The second-order valence-corrected chi connectivity index (χ2v) is 8.27. The van der Waals surface area contributed by atoms with Crippen molar-refractivity contribution >= 4 is 51.3 Å². The van der Waals surface area contributed by atoms with Gasteiger partial charge in [-0.25, -0.2) is 18.5 Å². The molecule has 0 bridgehead atoms. The molecule has 0 unspecified atom stereocenters. The molecule has 6 nitrogen and oxygen atoms in total. The third-order valence-corrected chi connectivity index (χ3v) is 5.67. The average molecular weight is 508 g/mol. The van der Waals surface area contributed by atoms with Crippen molar-refractivity contribution in [1.82, 2.24) is 10.6 Å². The quantitative estimate of drug-likeness (QED) is 0.305. The van der Waals surface area contributed by atoms with Gasteiger partial charge in [0.1, 0.15) is 0 Å². The van der Waals surface area contributed by atoms with Crippen LogP contribution in [0.3, 0.4) is 0 Å². The number of hydrogen-bond acceptors (Lipinski definition) is 4. The first-order valence-corrected chi connectivity index (χ1v) is 10.5. The number of sulfonamides is 1. The highest BCUT2D eigenvalue weighted by Gasteiger charge is 2.06. The summed E-state index contributed by atoms with van der Waals surface area (Å²) >= 11 is 1.80. The number of nitrogens with two attached hydrogens (primary N) is 1. The van der Waals surface area contributed by atoms with Crippen molar-refractivity contribution in [1.29, 1.82) is 0 Å². The van der Waals surface area contributed by atoms with E-state index in [0.29, 0.717) is 6.54 Å². The van der Waals surface area contributed by atoms with Gasteiger partial charge in [-0.2, -0.15) is 0 Å². The summed E-state index contributed by atoms with van der Waals surface area (Å²) in [5.41, 5.74) is 0.911. The van der Waals surface area contributed by atoms with Crippen LogP contribution in [-0.4, -0.2) is 20.9 Å². The second-order valence-electron chi connectivity index (χ2n) is 5.46. The van der Waals surface area contributed by atoms with Crippen molar-refractivity contribution in [2.24, 2.45) is 10.1 Å². The summed E-state index contributed by atoms with van der Waals surface area (Å²) in [7, 11) is -3.66. The Morgan fingerprint density at radius 1 is 1.08 bits per heavy atom. The van der Waals surface area contributed by atoms with Gasteiger partial charge >= 0.3 is 0 Å². The molecule has 1 aromatic heterocycles. The lowest BCUT2D eigenvalue weighted by molar-refractivity contribution is 0.598. The number of nitrogens with one attached hydrogen (secondary N) is 2. The number of thiophene rings is 1. The number of primary sulfonamides is 1. The maximum Gasteiger partial charge on any atom is 0.238 e. The van der Waals surface area contributed by atoms with Crippen LogP contribution < -0.4 is 15.8 Å². The topological polar surface area (TPSA) is 96.6 Å². The zero-order valence-corrected chi connectivity index (χ0v) is 18.8. The van der Waals surface area contributed by atoms with E-state index in [9.17, 15) is 8.42 Å². The van der Waals surface area contributed by atoms with Crippen LogP contribution in [0.1, 0.15) is 29.2 Å². The van der Waals surface area contributed by atoms with E-state index in [1.807, 2.05) is 6.92 Å². The molecule has 1 aromatic carbocycles. The minimum absolute atomic E-state index is 0. The van der Waals surface area contributed by atoms with Gasteiger partial charge in [-0.15, -0.1) is 35.3 Å². The molecule has 0 aliphatic carbocycles. The molecule has 0 atom stereocenters. The van der Waals surface area contributed by atoms with E-state index < -0.39 is 10.0 Å². The Kier molecular flexibility index (Phi) is 9.55. The van der Waals surface area contributed by atoms with Crippen LogP contribution in [-0.2, 0) is 29.5 Å². The van der Waals surface area contributed by atoms with Gasteiger partial charge < -0.3 is 10.6 Å². The predicted octanol–water partition coefficient (Wildman–Crippen LogP) is 2.83. The Balaban J connectivity index is 0.00000338. The molecule has 2 rings (SSSR count). The SMILES string of the molecule is CCNC(=NCc1ccc(S(N)(=O)=O)cc1)NCc1ccc(CC)s1.I. The van der Waals surface area contributed by atoms with Crippen molar-refractivity contribution in [2.45, 2.75) is 38.3 Å². The minimum atomic E-state index is -3.66. The van der Waals surface area contributed by atoms with Crippen LogP contribution in [0.5, 0.6) is 0 Å². The number of aliphatic imine (C=N–C) groups is 1. The zero-order chi connectivity index (χ0) is 18.3. The fraction of sp³-hybridized carbons (Fsp3) is 0.353. The number of hydrogen-bond donors (Lipinski definition) is 3. The van der Waals surface area contributed by atoms with Gasteiger partial charge in [0, 0.05) is 16.3 Å². The highest BCUT2D eigenvalue weighted by molar-refractivity contribution is 14.0. The number of benzene rings is 1. The normalized spacial score (nSPS) is 11.7. The molecule has 0 aliphatic heterocycles. The fourth-order valence-corrected chi connectivity index (χ4v) is 3.59. The summed E-state index contributed by atoms with van der Waals surface area (Å²) in [5.74, 6) is 0.726. The molecule has 0 fully saturated rings. The van der Waals surface area contributed by atoms with Crippen LogP contribution >= 0.6 is 35.3 Å². The Bertz CT molecular complexity index is 818. The molecular weight excluding hydrogens is 483 g/mol. The average Bonchev–Trinajstić information content (AvgIpc) is 3.05. The van der Waals surface area contributed by atoms with Gasteiger partial charge in [0.05, 0.1) is 18.0 Å². The zero-order valence-electron chi connectivity index (χ0n) is 14.9. The molecule has 2 aromatic rings. The molecule has 0 aliphatic rings. The summed E-state index contributed by atoms with van der Waals surface area (Å²) < 4.78 is 22.5. The Morgan fingerprint density at radius 3 is 2.27 bits per heavy atom. The van der Waals surface area contributed by atoms with Gasteiger partial charge in [-0.05, 0) is 43.2 Å². The van der Waals surface area contributed by atoms with Gasteiger partial charge in [0.15, 0.2) is 5.96 Å². The molecule has 0 spiro atoms. The number of guanidine groups is 1. The van der Waals surface area contributed by atoms with E-state index in [2.05, 4.69) is 34.7 Å². The molecule has 1 heterocycles.